The van der Waals surface area contributed by atoms with Crippen LogP contribution in [-0.2, 0) is 14.3 Å². The second-order valence-corrected chi connectivity index (χ2v) is 6.31. The number of rotatable bonds is 5. The summed E-state index contributed by atoms with van der Waals surface area (Å²) in [6.07, 6.45) is -0.612. The van der Waals surface area contributed by atoms with Gasteiger partial charge < -0.3 is 20.5 Å². The number of benzene rings is 2. The van der Waals surface area contributed by atoms with Crippen molar-refractivity contribution in [3.63, 3.8) is 0 Å². The number of ether oxygens (including phenoxy) is 2. The number of esters is 1. The lowest BCUT2D eigenvalue weighted by molar-refractivity contribution is -0.142. The summed E-state index contributed by atoms with van der Waals surface area (Å²) in [5.41, 5.74) is 10.3. The molecule has 0 aromatic heterocycles. The quantitative estimate of drug-likeness (QED) is 0.766. The summed E-state index contributed by atoms with van der Waals surface area (Å²) >= 11 is 0. The first-order valence-electron chi connectivity index (χ1n) is 8.48. The lowest BCUT2D eigenvalue weighted by Gasteiger charge is -2.20. The predicted molar refractivity (Wildman–Crippen MR) is 105 cm³/mol. The minimum Gasteiger partial charge on any atom is -0.468 e. The average molecular weight is 391 g/mol. The number of methoxy groups -OCH3 is 1. The first-order chi connectivity index (χ1) is 12.5. The Hall–Kier alpha value is -2.57. The van der Waals surface area contributed by atoms with Crippen LogP contribution in [0.3, 0.4) is 0 Å². The topological polar surface area (TPSA) is 90.6 Å². The highest BCUT2D eigenvalue weighted by Crippen LogP contribution is 2.44. The van der Waals surface area contributed by atoms with Crippen molar-refractivity contribution in [3.05, 3.63) is 59.7 Å². The SMILES string of the molecule is COC(=O)C(N)C(C)NC(=O)OCC1c2ccccc2-c2ccccc21.Cl. The Morgan fingerprint density at radius 2 is 1.59 bits per heavy atom. The van der Waals surface area contributed by atoms with Gasteiger partial charge in [-0.05, 0) is 29.2 Å². The van der Waals surface area contributed by atoms with E-state index in [4.69, 9.17) is 10.5 Å². The summed E-state index contributed by atoms with van der Waals surface area (Å²) in [4.78, 5) is 23.5. The molecule has 1 aliphatic rings. The number of carbonyl (C=O) groups is 2. The molecule has 2 atom stereocenters. The van der Waals surface area contributed by atoms with Gasteiger partial charge in [-0.1, -0.05) is 48.5 Å². The van der Waals surface area contributed by atoms with Crippen molar-refractivity contribution >= 4 is 24.5 Å². The molecule has 27 heavy (non-hydrogen) atoms. The van der Waals surface area contributed by atoms with E-state index in [-0.39, 0.29) is 24.9 Å². The maximum atomic E-state index is 12.1. The van der Waals surface area contributed by atoms with Crippen LogP contribution in [0.2, 0.25) is 0 Å². The molecule has 0 spiro atoms. The Kier molecular flexibility index (Phi) is 6.82. The van der Waals surface area contributed by atoms with E-state index < -0.39 is 24.1 Å². The van der Waals surface area contributed by atoms with Gasteiger partial charge in [-0.3, -0.25) is 4.79 Å². The molecule has 144 valence electrons. The van der Waals surface area contributed by atoms with E-state index in [1.807, 2.05) is 24.3 Å². The van der Waals surface area contributed by atoms with Gasteiger partial charge in [0, 0.05) is 5.92 Å². The summed E-state index contributed by atoms with van der Waals surface area (Å²) in [5.74, 6) is -0.603. The van der Waals surface area contributed by atoms with E-state index >= 15 is 0 Å². The van der Waals surface area contributed by atoms with Gasteiger partial charge in [0.15, 0.2) is 0 Å². The van der Waals surface area contributed by atoms with Crippen molar-refractivity contribution in [3.8, 4) is 11.1 Å². The van der Waals surface area contributed by atoms with E-state index in [1.54, 1.807) is 6.92 Å². The molecule has 0 bridgehead atoms. The fraction of sp³-hybridized carbons (Fsp3) is 0.300. The molecule has 3 rings (SSSR count). The number of fused-ring (bicyclic) bond motifs is 3. The van der Waals surface area contributed by atoms with Gasteiger partial charge in [-0.25, -0.2) is 4.79 Å². The van der Waals surface area contributed by atoms with Crippen LogP contribution in [0.5, 0.6) is 0 Å². The number of nitrogens with two attached hydrogens (primary N) is 1. The zero-order valence-corrected chi connectivity index (χ0v) is 16.0. The standard InChI is InChI=1S/C20H22N2O4.ClH/c1-12(18(21)19(23)25-2)22-20(24)26-11-17-15-9-5-3-7-13(15)14-8-4-6-10-16(14)17;/h3-10,12,17-18H,11,21H2,1-2H3,(H,22,24);1H. The Bertz CT molecular complexity index is 782. The summed E-state index contributed by atoms with van der Waals surface area (Å²) in [5, 5.41) is 2.58. The van der Waals surface area contributed by atoms with Crippen molar-refractivity contribution < 1.29 is 19.1 Å². The Labute approximate surface area is 164 Å². The minimum absolute atomic E-state index is 0. The predicted octanol–water partition coefficient (Wildman–Crippen LogP) is 2.84. The molecule has 2 unspecified atom stereocenters. The van der Waals surface area contributed by atoms with Crippen LogP contribution in [0, 0.1) is 0 Å². The van der Waals surface area contributed by atoms with Crippen LogP contribution in [0.25, 0.3) is 11.1 Å². The molecule has 6 nitrogen and oxygen atoms in total. The van der Waals surface area contributed by atoms with Crippen LogP contribution < -0.4 is 11.1 Å². The van der Waals surface area contributed by atoms with Gasteiger partial charge in [0.2, 0.25) is 0 Å². The van der Waals surface area contributed by atoms with Gasteiger partial charge in [-0.2, -0.15) is 0 Å². The molecule has 0 aliphatic heterocycles. The summed E-state index contributed by atoms with van der Waals surface area (Å²) in [6, 6.07) is 14.7. The Morgan fingerprint density at radius 3 is 2.11 bits per heavy atom. The highest BCUT2D eigenvalue weighted by atomic mass is 35.5. The first kappa shape index (κ1) is 20.7. The second-order valence-electron chi connectivity index (χ2n) is 6.31. The van der Waals surface area contributed by atoms with E-state index in [1.165, 1.54) is 7.11 Å². The maximum absolute atomic E-state index is 12.1. The Balaban J connectivity index is 0.00000261. The fourth-order valence-electron chi connectivity index (χ4n) is 3.26. The van der Waals surface area contributed by atoms with Gasteiger partial charge in [0.25, 0.3) is 0 Å². The third-order valence-electron chi connectivity index (χ3n) is 4.70. The number of amides is 1. The van der Waals surface area contributed by atoms with Crippen molar-refractivity contribution in [2.45, 2.75) is 24.9 Å². The summed E-state index contributed by atoms with van der Waals surface area (Å²) in [6.45, 7) is 1.84. The monoisotopic (exact) mass is 390 g/mol. The van der Waals surface area contributed by atoms with Gasteiger partial charge in [0.1, 0.15) is 12.6 Å². The molecule has 1 aliphatic carbocycles. The van der Waals surface area contributed by atoms with Crippen LogP contribution in [0.1, 0.15) is 24.0 Å². The van der Waals surface area contributed by atoms with Gasteiger partial charge in [0.05, 0.1) is 13.2 Å². The maximum Gasteiger partial charge on any atom is 0.407 e. The van der Waals surface area contributed by atoms with Crippen molar-refractivity contribution in [1.29, 1.82) is 0 Å². The smallest absolute Gasteiger partial charge is 0.407 e. The fourth-order valence-corrected chi connectivity index (χ4v) is 3.26. The molecule has 1 amide bonds. The lowest BCUT2D eigenvalue weighted by atomic mass is 9.98. The molecular weight excluding hydrogens is 368 g/mol. The number of hydrogen-bond donors (Lipinski definition) is 2. The summed E-state index contributed by atoms with van der Waals surface area (Å²) < 4.78 is 9.99. The van der Waals surface area contributed by atoms with Crippen molar-refractivity contribution in [1.82, 2.24) is 5.32 Å². The van der Waals surface area contributed by atoms with Gasteiger partial charge >= 0.3 is 12.1 Å². The molecule has 0 radical (unpaired) electrons. The van der Waals surface area contributed by atoms with E-state index in [9.17, 15) is 9.59 Å². The van der Waals surface area contributed by atoms with Crippen LogP contribution in [0.4, 0.5) is 4.79 Å². The van der Waals surface area contributed by atoms with Crippen LogP contribution in [-0.4, -0.2) is 37.9 Å². The van der Waals surface area contributed by atoms with E-state index in [0.717, 1.165) is 22.3 Å². The largest absolute Gasteiger partial charge is 0.468 e. The normalized spacial score (nSPS) is 14.2. The molecule has 3 N–H and O–H groups in total. The average Bonchev–Trinajstić information content (AvgIpc) is 2.99. The molecule has 0 heterocycles. The molecule has 7 heteroatoms. The highest BCUT2D eigenvalue weighted by molar-refractivity contribution is 5.85. The molecule has 0 saturated carbocycles. The molecular formula is C20H23ClN2O4. The van der Waals surface area contributed by atoms with E-state index in [0.29, 0.717) is 0 Å². The second kappa shape index (κ2) is 8.88. The van der Waals surface area contributed by atoms with Crippen molar-refractivity contribution in [2.24, 2.45) is 5.73 Å². The number of hydrogen-bond acceptors (Lipinski definition) is 5. The van der Waals surface area contributed by atoms with E-state index in [2.05, 4.69) is 34.3 Å². The third kappa shape index (κ3) is 4.23. The third-order valence-corrected chi connectivity index (χ3v) is 4.70. The lowest BCUT2D eigenvalue weighted by Crippen LogP contribution is -2.50. The van der Waals surface area contributed by atoms with Gasteiger partial charge in [-0.15, -0.1) is 12.4 Å². The molecule has 0 saturated heterocycles. The molecule has 2 aromatic carbocycles. The summed E-state index contributed by atoms with van der Waals surface area (Å²) in [7, 11) is 1.25. The zero-order valence-electron chi connectivity index (χ0n) is 15.2. The zero-order chi connectivity index (χ0) is 18.7. The Morgan fingerprint density at radius 1 is 1.07 bits per heavy atom. The number of halogens is 1. The number of alkyl carbamates (subject to hydrolysis) is 1. The molecule has 0 fully saturated rings. The number of carbonyl (C=O) groups excluding carboxylic acids is 2. The minimum atomic E-state index is -0.944. The highest BCUT2D eigenvalue weighted by Gasteiger charge is 2.29. The van der Waals surface area contributed by atoms with Crippen LogP contribution >= 0.6 is 12.4 Å². The van der Waals surface area contributed by atoms with Crippen LogP contribution in [0.15, 0.2) is 48.5 Å². The first-order valence-corrected chi connectivity index (χ1v) is 8.48. The van der Waals surface area contributed by atoms with Crippen molar-refractivity contribution in [2.75, 3.05) is 13.7 Å². The number of nitrogens with one attached hydrogen (secondary N) is 1. The molecule has 2 aromatic rings.